The Labute approximate surface area is 152 Å². The molecule has 1 aliphatic heterocycles. The highest BCUT2D eigenvalue weighted by atomic mass is 32.2. The number of benzene rings is 1. The summed E-state index contributed by atoms with van der Waals surface area (Å²) in [7, 11) is -1.20. The van der Waals surface area contributed by atoms with E-state index in [0.29, 0.717) is 10.5 Å². The molecule has 0 amide bonds. The van der Waals surface area contributed by atoms with Gasteiger partial charge in [0.25, 0.3) is 0 Å². The molecule has 3 rings (SSSR count). The second-order valence-corrected chi connectivity index (χ2v) is 8.69. The monoisotopic (exact) mass is 364 g/mol. The minimum Gasteiger partial charge on any atom is -0.481 e. The molecule has 1 aliphatic carbocycles. The van der Waals surface area contributed by atoms with Gasteiger partial charge < -0.3 is 10.0 Å². The lowest BCUT2D eigenvalue weighted by atomic mass is 9.89. The van der Waals surface area contributed by atoms with Crippen LogP contribution in [0.1, 0.15) is 37.7 Å². The first-order chi connectivity index (χ1) is 12.1. The number of hydrogen-bond acceptors (Lipinski definition) is 3. The van der Waals surface area contributed by atoms with E-state index in [2.05, 4.69) is 4.90 Å². The van der Waals surface area contributed by atoms with Gasteiger partial charge in [0.05, 0.1) is 11.3 Å². The van der Waals surface area contributed by atoms with Crippen LogP contribution in [-0.2, 0) is 22.2 Å². The van der Waals surface area contributed by atoms with Crippen molar-refractivity contribution in [1.29, 1.82) is 0 Å². The van der Waals surface area contributed by atoms with Gasteiger partial charge in [0.15, 0.2) is 0 Å². The molecule has 0 bridgehead atoms. The second kappa shape index (κ2) is 8.92. The molecule has 138 valence electrons. The third-order valence-electron chi connectivity index (χ3n) is 5.26. The van der Waals surface area contributed by atoms with Crippen LogP contribution >= 0.6 is 0 Å². The van der Waals surface area contributed by atoms with Crippen LogP contribution in [0, 0.1) is 5.92 Å². The molecule has 5 nitrogen and oxygen atoms in total. The van der Waals surface area contributed by atoms with Crippen LogP contribution in [0.5, 0.6) is 0 Å². The average Bonchev–Trinajstić information content (AvgIpc) is 2.62. The number of hydrogen-bond donors (Lipinski definition) is 1. The van der Waals surface area contributed by atoms with Crippen molar-refractivity contribution < 1.29 is 14.1 Å². The molecular weight excluding hydrogens is 336 g/mol. The van der Waals surface area contributed by atoms with Gasteiger partial charge in [-0.25, -0.2) is 8.51 Å². The van der Waals surface area contributed by atoms with Gasteiger partial charge in [-0.05, 0) is 36.5 Å². The van der Waals surface area contributed by atoms with Gasteiger partial charge in [-0.3, -0.25) is 4.79 Å². The molecule has 1 aromatic carbocycles. The minimum atomic E-state index is -1.20. The Bertz CT molecular complexity index is 608. The number of carboxylic acid groups (broad SMARTS) is 1. The third-order valence-corrected chi connectivity index (χ3v) is 6.75. The summed E-state index contributed by atoms with van der Waals surface area (Å²) in [5, 5.41) is 8.92. The summed E-state index contributed by atoms with van der Waals surface area (Å²) in [4.78, 5) is 14.1. The maximum atomic E-state index is 12.8. The first kappa shape index (κ1) is 18.5. The molecule has 1 saturated heterocycles. The number of nitrogens with zero attached hydrogens (tertiary/aromatic N) is 2. The van der Waals surface area contributed by atoms with Gasteiger partial charge in [0, 0.05) is 32.7 Å². The molecule has 0 aromatic heterocycles. The van der Waals surface area contributed by atoms with Crippen molar-refractivity contribution in [2.75, 3.05) is 32.7 Å². The van der Waals surface area contributed by atoms with Gasteiger partial charge in [-0.2, -0.15) is 0 Å². The second-order valence-electron chi connectivity index (χ2n) is 7.20. The fourth-order valence-electron chi connectivity index (χ4n) is 3.90. The summed E-state index contributed by atoms with van der Waals surface area (Å²) >= 11 is 0. The lowest BCUT2D eigenvalue weighted by Gasteiger charge is -2.36. The predicted molar refractivity (Wildman–Crippen MR) is 98.8 cm³/mol. The largest absolute Gasteiger partial charge is 0.481 e. The summed E-state index contributed by atoms with van der Waals surface area (Å²) in [6.07, 6.45) is 6.85. The number of carboxylic acids is 1. The number of aliphatic carboxylic acids is 1. The quantitative estimate of drug-likeness (QED) is 0.843. The Kier molecular flexibility index (Phi) is 6.62. The van der Waals surface area contributed by atoms with Crippen LogP contribution in [0.3, 0.4) is 0 Å². The van der Waals surface area contributed by atoms with Crippen LogP contribution < -0.4 is 0 Å². The number of piperazine rings is 1. The molecule has 1 atom stereocenters. The fraction of sp³-hybridized carbons (Fsp3) is 0.632. The van der Waals surface area contributed by atoms with Crippen LogP contribution in [0.15, 0.2) is 29.2 Å². The van der Waals surface area contributed by atoms with E-state index in [4.69, 9.17) is 5.11 Å². The van der Waals surface area contributed by atoms with Gasteiger partial charge in [0.1, 0.15) is 11.0 Å². The Balaban J connectivity index is 1.52. The topological polar surface area (TPSA) is 60.9 Å². The van der Waals surface area contributed by atoms with Crippen molar-refractivity contribution in [1.82, 2.24) is 9.21 Å². The van der Waals surface area contributed by atoms with E-state index in [9.17, 15) is 9.00 Å². The molecule has 0 spiro atoms. The minimum absolute atomic E-state index is 0.0276. The van der Waals surface area contributed by atoms with E-state index >= 15 is 0 Å². The molecule has 0 radical (unpaired) electrons. The third kappa shape index (κ3) is 5.36. The molecule has 2 fully saturated rings. The number of carbonyl (C=O) groups is 1. The van der Waals surface area contributed by atoms with Crippen LogP contribution in [-0.4, -0.2) is 57.2 Å². The van der Waals surface area contributed by atoms with E-state index in [1.165, 1.54) is 38.6 Å². The zero-order valence-corrected chi connectivity index (χ0v) is 15.5. The number of rotatable bonds is 6. The highest BCUT2D eigenvalue weighted by molar-refractivity contribution is 7.82. The first-order valence-corrected chi connectivity index (χ1v) is 10.4. The molecular formula is C19H28N2O3S. The molecule has 6 heteroatoms. The molecule has 1 N–H and O–H groups in total. The van der Waals surface area contributed by atoms with Crippen molar-refractivity contribution in [3.63, 3.8) is 0 Å². The Morgan fingerprint density at radius 2 is 1.84 bits per heavy atom. The Morgan fingerprint density at radius 1 is 1.12 bits per heavy atom. The highest BCUT2D eigenvalue weighted by Crippen LogP contribution is 2.25. The summed E-state index contributed by atoms with van der Waals surface area (Å²) in [6, 6.07) is 7.16. The van der Waals surface area contributed by atoms with Crippen molar-refractivity contribution in [3.8, 4) is 0 Å². The van der Waals surface area contributed by atoms with Gasteiger partial charge in [0.2, 0.25) is 0 Å². The van der Waals surface area contributed by atoms with E-state index in [-0.39, 0.29) is 6.42 Å². The Morgan fingerprint density at radius 3 is 2.52 bits per heavy atom. The van der Waals surface area contributed by atoms with E-state index < -0.39 is 17.0 Å². The smallest absolute Gasteiger partial charge is 0.307 e. The maximum absolute atomic E-state index is 12.8. The molecule has 25 heavy (non-hydrogen) atoms. The standard InChI is InChI=1S/C19H28N2O3S/c22-19(23)14-17-7-4-8-18(13-17)25(24)21-11-9-20(10-12-21)15-16-5-2-1-3-6-16/h4,7-8,13,16H,1-3,5-6,9-12,14-15H2,(H,22,23). The highest BCUT2D eigenvalue weighted by Gasteiger charge is 2.24. The zero-order chi connectivity index (χ0) is 17.6. The summed E-state index contributed by atoms with van der Waals surface area (Å²) in [5.41, 5.74) is 0.703. The van der Waals surface area contributed by atoms with E-state index in [1.54, 1.807) is 18.2 Å². The van der Waals surface area contributed by atoms with E-state index in [1.807, 2.05) is 10.4 Å². The first-order valence-electron chi connectivity index (χ1n) is 9.32. The molecule has 2 aliphatic rings. The fourth-order valence-corrected chi connectivity index (χ4v) is 5.14. The predicted octanol–water partition coefficient (Wildman–Crippen LogP) is 2.53. The van der Waals surface area contributed by atoms with Crippen molar-refractivity contribution >= 4 is 17.0 Å². The van der Waals surface area contributed by atoms with E-state index in [0.717, 1.165) is 32.1 Å². The van der Waals surface area contributed by atoms with Crippen molar-refractivity contribution in [2.45, 2.75) is 43.4 Å². The van der Waals surface area contributed by atoms with Gasteiger partial charge in [-0.15, -0.1) is 0 Å². The van der Waals surface area contributed by atoms with Gasteiger partial charge >= 0.3 is 5.97 Å². The van der Waals surface area contributed by atoms with Crippen LogP contribution in [0.25, 0.3) is 0 Å². The summed E-state index contributed by atoms with van der Waals surface area (Å²) < 4.78 is 14.8. The molecule has 1 saturated carbocycles. The maximum Gasteiger partial charge on any atom is 0.307 e. The summed E-state index contributed by atoms with van der Waals surface area (Å²) in [5.74, 6) is -0.0160. The van der Waals surface area contributed by atoms with Crippen LogP contribution in [0.4, 0.5) is 0 Å². The zero-order valence-electron chi connectivity index (χ0n) is 14.7. The Hall–Kier alpha value is -1.24. The van der Waals surface area contributed by atoms with Crippen LogP contribution in [0.2, 0.25) is 0 Å². The van der Waals surface area contributed by atoms with Crippen molar-refractivity contribution in [3.05, 3.63) is 29.8 Å². The van der Waals surface area contributed by atoms with Crippen molar-refractivity contribution in [2.24, 2.45) is 5.92 Å². The lowest BCUT2D eigenvalue weighted by molar-refractivity contribution is -0.136. The van der Waals surface area contributed by atoms with Gasteiger partial charge in [-0.1, -0.05) is 31.4 Å². The SMILES string of the molecule is O=C(O)Cc1cccc(S(=O)N2CCN(CC3CCCCC3)CC2)c1. The molecule has 1 unspecified atom stereocenters. The normalized spacial score (nSPS) is 21.9. The average molecular weight is 365 g/mol. The molecule has 1 heterocycles. The summed E-state index contributed by atoms with van der Waals surface area (Å²) in [6.45, 7) is 4.74. The lowest BCUT2D eigenvalue weighted by Crippen LogP contribution is -2.48. The molecule has 1 aromatic rings.